The summed E-state index contributed by atoms with van der Waals surface area (Å²) in [6.07, 6.45) is 1.21. The number of rotatable bonds is 6. The van der Waals surface area contributed by atoms with Crippen molar-refractivity contribution in [3.8, 4) is 0 Å². The second-order valence-corrected chi connectivity index (χ2v) is 6.27. The average molecular weight is 270 g/mol. The molecule has 0 aliphatic heterocycles. The minimum atomic E-state index is -3.24. The van der Waals surface area contributed by atoms with E-state index in [9.17, 15) is 13.2 Å². The Morgan fingerprint density at radius 3 is 2.39 bits per heavy atom. The SMILES string of the molecule is Cc1ccc(S(=O)(=O)CCCCC(=O)NN)cc1. The summed E-state index contributed by atoms with van der Waals surface area (Å²) in [4.78, 5) is 11.2. The van der Waals surface area contributed by atoms with Crippen molar-refractivity contribution in [1.82, 2.24) is 5.43 Å². The molecule has 0 aliphatic carbocycles. The maximum absolute atomic E-state index is 11.9. The summed E-state index contributed by atoms with van der Waals surface area (Å²) in [5.41, 5.74) is 3.03. The number of hydrogen-bond donors (Lipinski definition) is 2. The fraction of sp³-hybridized carbons (Fsp3) is 0.417. The normalized spacial score (nSPS) is 11.2. The molecule has 100 valence electrons. The number of carbonyl (C=O) groups is 1. The minimum absolute atomic E-state index is 0.0495. The van der Waals surface area contributed by atoms with Gasteiger partial charge >= 0.3 is 0 Å². The van der Waals surface area contributed by atoms with Crippen LogP contribution in [0.5, 0.6) is 0 Å². The van der Waals surface area contributed by atoms with E-state index in [1.54, 1.807) is 24.3 Å². The van der Waals surface area contributed by atoms with Gasteiger partial charge in [0.15, 0.2) is 9.84 Å². The molecule has 0 heterocycles. The predicted octanol–water partition coefficient (Wildman–Crippen LogP) is 0.929. The number of hydrogen-bond acceptors (Lipinski definition) is 4. The Morgan fingerprint density at radius 1 is 1.22 bits per heavy atom. The number of hydrazine groups is 1. The zero-order valence-electron chi connectivity index (χ0n) is 10.3. The first kappa shape index (κ1) is 14.7. The van der Waals surface area contributed by atoms with Gasteiger partial charge < -0.3 is 0 Å². The first-order valence-corrected chi connectivity index (χ1v) is 7.40. The van der Waals surface area contributed by atoms with Gasteiger partial charge in [-0.2, -0.15) is 0 Å². The van der Waals surface area contributed by atoms with E-state index in [1.807, 2.05) is 12.3 Å². The Morgan fingerprint density at radius 2 is 1.83 bits per heavy atom. The topological polar surface area (TPSA) is 89.3 Å². The van der Waals surface area contributed by atoms with Crippen molar-refractivity contribution in [1.29, 1.82) is 0 Å². The molecule has 1 amide bonds. The molecule has 0 spiro atoms. The van der Waals surface area contributed by atoms with E-state index in [2.05, 4.69) is 0 Å². The number of sulfone groups is 1. The summed E-state index contributed by atoms with van der Waals surface area (Å²) in [7, 11) is -3.24. The lowest BCUT2D eigenvalue weighted by molar-refractivity contribution is -0.121. The number of aryl methyl sites for hydroxylation is 1. The summed E-state index contributed by atoms with van der Waals surface area (Å²) < 4.78 is 23.9. The molecule has 3 N–H and O–H groups in total. The smallest absolute Gasteiger partial charge is 0.233 e. The molecule has 0 radical (unpaired) electrons. The Labute approximate surface area is 107 Å². The van der Waals surface area contributed by atoms with Gasteiger partial charge in [-0.1, -0.05) is 17.7 Å². The average Bonchev–Trinajstić information content (AvgIpc) is 2.35. The van der Waals surface area contributed by atoms with Gasteiger partial charge in [0.2, 0.25) is 5.91 Å². The van der Waals surface area contributed by atoms with E-state index in [1.165, 1.54) is 0 Å². The van der Waals surface area contributed by atoms with Gasteiger partial charge in [0.05, 0.1) is 10.6 Å². The van der Waals surface area contributed by atoms with Crippen LogP contribution >= 0.6 is 0 Å². The highest BCUT2D eigenvalue weighted by Crippen LogP contribution is 2.14. The highest BCUT2D eigenvalue weighted by atomic mass is 32.2. The Balaban J connectivity index is 2.50. The fourth-order valence-electron chi connectivity index (χ4n) is 1.51. The van der Waals surface area contributed by atoms with E-state index in [4.69, 9.17) is 5.84 Å². The Kier molecular flexibility index (Phi) is 5.30. The maximum Gasteiger partial charge on any atom is 0.233 e. The molecule has 5 nitrogen and oxygen atoms in total. The van der Waals surface area contributed by atoms with Crippen molar-refractivity contribution in [2.45, 2.75) is 31.1 Å². The number of amides is 1. The van der Waals surface area contributed by atoms with Gasteiger partial charge in [0, 0.05) is 6.42 Å². The summed E-state index contributed by atoms with van der Waals surface area (Å²) in [5.74, 6) is 4.70. The summed E-state index contributed by atoms with van der Waals surface area (Å²) in [5, 5.41) is 0. The lowest BCUT2D eigenvalue weighted by Gasteiger charge is -2.04. The monoisotopic (exact) mass is 270 g/mol. The van der Waals surface area contributed by atoms with E-state index >= 15 is 0 Å². The van der Waals surface area contributed by atoms with Crippen LogP contribution in [0.3, 0.4) is 0 Å². The predicted molar refractivity (Wildman–Crippen MR) is 69.4 cm³/mol. The maximum atomic E-state index is 11.9. The third-order valence-corrected chi connectivity index (χ3v) is 4.42. The number of carbonyl (C=O) groups excluding carboxylic acids is 1. The number of benzene rings is 1. The second-order valence-electron chi connectivity index (χ2n) is 4.16. The largest absolute Gasteiger partial charge is 0.294 e. The quantitative estimate of drug-likeness (QED) is 0.348. The van der Waals surface area contributed by atoms with E-state index < -0.39 is 9.84 Å². The van der Waals surface area contributed by atoms with Gasteiger partial charge in [-0.05, 0) is 31.9 Å². The number of nitrogens with two attached hydrogens (primary N) is 1. The van der Waals surface area contributed by atoms with Gasteiger partial charge in [0.1, 0.15) is 0 Å². The van der Waals surface area contributed by atoms with Gasteiger partial charge in [-0.3, -0.25) is 10.2 Å². The molecular weight excluding hydrogens is 252 g/mol. The van der Waals surface area contributed by atoms with Crippen LogP contribution in [0.4, 0.5) is 0 Å². The molecule has 0 bridgehead atoms. The molecule has 0 unspecified atom stereocenters. The minimum Gasteiger partial charge on any atom is -0.294 e. The van der Waals surface area contributed by atoms with Crippen molar-refractivity contribution < 1.29 is 13.2 Å². The van der Waals surface area contributed by atoms with Crippen molar-refractivity contribution in [2.24, 2.45) is 5.84 Å². The van der Waals surface area contributed by atoms with E-state index in [-0.39, 0.29) is 18.1 Å². The lowest BCUT2D eigenvalue weighted by Crippen LogP contribution is -2.29. The standard InChI is InChI=1S/C12H18N2O3S/c1-10-5-7-11(8-6-10)18(16,17)9-3-2-4-12(15)14-13/h5-8H,2-4,9,13H2,1H3,(H,14,15). The molecule has 1 rings (SSSR count). The second kappa shape index (κ2) is 6.51. The van der Waals surface area contributed by atoms with Crippen LogP contribution in [0, 0.1) is 6.92 Å². The Hall–Kier alpha value is -1.40. The van der Waals surface area contributed by atoms with Gasteiger partial charge in [-0.15, -0.1) is 0 Å². The fourth-order valence-corrected chi connectivity index (χ4v) is 2.88. The number of unbranched alkanes of at least 4 members (excludes halogenated alkanes) is 1. The number of nitrogens with one attached hydrogen (secondary N) is 1. The first-order valence-electron chi connectivity index (χ1n) is 5.74. The molecule has 0 aliphatic rings. The highest BCUT2D eigenvalue weighted by molar-refractivity contribution is 7.91. The van der Waals surface area contributed by atoms with Crippen LogP contribution in [0.2, 0.25) is 0 Å². The molecule has 0 atom stereocenters. The third-order valence-electron chi connectivity index (χ3n) is 2.61. The van der Waals surface area contributed by atoms with Crippen LogP contribution in [0.25, 0.3) is 0 Å². The summed E-state index contributed by atoms with van der Waals surface area (Å²) in [6, 6.07) is 6.76. The zero-order chi connectivity index (χ0) is 13.6. The van der Waals surface area contributed by atoms with Crippen molar-refractivity contribution in [3.05, 3.63) is 29.8 Å². The molecule has 0 saturated heterocycles. The molecule has 18 heavy (non-hydrogen) atoms. The zero-order valence-corrected chi connectivity index (χ0v) is 11.2. The van der Waals surface area contributed by atoms with E-state index in [0.717, 1.165) is 5.56 Å². The van der Waals surface area contributed by atoms with Crippen LogP contribution in [0.15, 0.2) is 29.2 Å². The molecule has 0 aromatic heterocycles. The van der Waals surface area contributed by atoms with E-state index in [0.29, 0.717) is 17.7 Å². The van der Waals surface area contributed by atoms with Crippen LogP contribution < -0.4 is 11.3 Å². The summed E-state index contributed by atoms with van der Waals surface area (Å²) >= 11 is 0. The lowest BCUT2D eigenvalue weighted by atomic mass is 10.2. The highest BCUT2D eigenvalue weighted by Gasteiger charge is 2.13. The van der Waals surface area contributed by atoms with Crippen molar-refractivity contribution in [2.75, 3.05) is 5.75 Å². The van der Waals surface area contributed by atoms with Crippen LogP contribution in [-0.2, 0) is 14.6 Å². The molecule has 1 aromatic carbocycles. The molecular formula is C12H18N2O3S. The molecule has 1 aromatic rings. The third kappa shape index (κ3) is 4.46. The molecule has 0 fully saturated rings. The van der Waals surface area contributed by atoms with Crippen molar-refractivity contribution in [3.63, 3.8) is 0 Å². The summed E-state index contributed by atoms with van der Waals surface area (Å²) in [6.45, 7) is 1.90. The Bertz CT molecular complexity index is 495. The van der Waals surface area contributed by atoms with Crippen LogP contribution in [-0.4, -0.2) is 20.1 Å². The van der Waals surface area contributed by atoms with Crippen molar-refractivity contribution >= 4 is 15.7 Å². The first-order chi connectivity index (χ1) is 8.45. The molecule has 0 saturated carbocycles. The van der Waals surface area contributed by atoms with Gasteiger partial charge in [-0.25, -0.2) is 14.3 Å². The van der Waals surface area contributed by atoms with Crippen LogP contribution in [0.1, 0.15) is 24.8 Å². The van der Waals surface area contributed by atoms with Gasteiger partial charge in [0.25, 0.3) is 0 Å². The molecule has 6 heteroatoms.